The molecule has 0 aliphatic carbocycles. The number of cyclic esters (lactones) is 1. The van der Waals surface area contributed by atoms with Crippen LogP contribution >= 0.6 is 0 Å². The molecule has 258 valence electrons. The van der Waals surface area contributed by atoms with E-state index < -0.39 is 52.7 Å². The lowest BCUT2D eigenvalue weighted by atomic mass is 9.68. The first-order chi connectivity index (χ1) is 22.2. The molecule has 0 unspecified atom stereocenters. The van der Waals surface area contributed by atoms with Crippen LogP contribution in [0.25, 0.3) is 6.08 Å². The van der Waals surface area contributed by atoms with E-state index in [1.54, 1.807) is 71.2 Å². The van der Waals surface area contributed by atoms with E-state index in [-0.39, 0.29) is 31.4 Å². The summed E-state index contributed by atoms with van der Waals surface area (Å²) in [5.74, 6) is -2.01. The zero-order valence-electron chi connectivity index (χ0n) is 28.3. The molecule has 2 fully saturated rings. The number of aliphatic hydroxyl groups excluding tert-OH is 2. The standard InChI is InChI=1S/C35H49N3O9/c1-23(15-11-8-9-12-16-26-20-36-22-47-26)29(40)33(4,5)31(42)37-18-14-10-13-17-27(39)24(2)19-28(45-7)35(44)25(3)30(41)38(6)34(35)21-46-32(34)43/h8,10-17,20,22,24-25,27-29,39-40,44H,9,18-19,21H2,1-7H3,(H,37,42)/t24-,25-,27-,28+,29-,34-,35-/m0/s1. The number of aliphatic hydroxyl groups is 3. The Balaban J connectivity index is 1.48. The maximum Gasteiger partial charge on any atom is 0.338 e. The molecule has 2 aliphatic rings. The monoisotopic (exact) mass is 655 g/mol. The largest absolute Gasteiger partial charge is 0.460 e. The lowest BCUT2D eigenvalue weighted by Gasteiger charge is -2.51. The molecular weight excluding hydrogens is 606 g/mol. The number of likely N-dealkylation sites (N-methyl/N-ethyl adjacent to an activating group) is 1. The molecule has 2 aliphatic heterocycles. The number of carbonyl (C=O) groups is 3. The van der Waals surface area contributed by atoms with E-state index in [0.717, 1.165) is 0 Å². The number of amides is 2. The maximum atomic E-state index is 12.9. The summed E-state index contributed by atoms with van der Waals surface area (Å²) in [6.45, 7) is 8.55. The third-order valence-electron chi connectivity index (χ3n) is 9.43. The highest BCUT2D eigenvalue weighted by atomic mass is 16.6. The van der Waals surface area contributed by atoms with E-state index in [1.807, 2.05) is 24.3 Å². The molecule has 3 heterocycles. The van der Waals surface area contributed by atoms with Gasteiger partial charge in [-0.2, -0.15) is 0 Å². The number of likely N-dealkylation sites (tertiary alicyclic amines) is 1. The van der Waals surface area contributed by atoms with E-state index in [4.69, 9.17) is 13.9 Å². The Hall–Kier alpha value is -3.84. The van der Waals surface area contributed by atoms with Crippen LogP contribution < -0.4 is 5.32 Å². The number of aromatic nitrogens is 1. The highest BCUT2D eigenvalue weighted by Gasteiger charge is 2.77. The van der Waals surface area contributed by atoms with Crippen LogP contribution in [0.2, 0.25) is 0 Å². The molecule has 0 radical (unpaired) electrons. The Labute approximate surface area is 276 Å². The summed E-state index contributed by atoms with van der Waals surface area (Å²) in [5.41, 5.74) is -3.79. The predicted octanol–water partition coefficient (Wildman–Crippen LogP) is 2.73. The van der Waals surface area contributed by atoms with Gasteiger partial charge in [0.05, 0.1) is 35.8 Å². The minimum absolute atomic E-state index is 0.124. The fourth-order valence-electron chi connectivity index (χ4n) is 6.10. The Bertz CT molecular complexity index is 1400. The highest BCUT2D eigenvalue weighted by molar-refractivity contribution is 5.99. The van der Waals surface area contributed by atoms with E-state index in [0.29, 0.717) is 17.8 Å². The van der Waals surface area contributed by atoms with Gasteiger partial charge < -0.3 is 39.4 Å². The number of nitrogens with one attached hydrogen (secondary N) is 1. The summed E-state index contributed by atoms with van der Waals surface area (Å²) < 4.78 is 15.8. The second-order valence-electron chi connectivity index (χ2n) is 12.8. The Morgan fingerprint density at radius 2 is 1.96 bits per heavy atom. The van der Waals surface area contributed by atoms with Gasteiger partial charge in [-0.1, -0.05) is 62.5 Å². The number of esters is 1. The van der Waals surface area contributed by atoms with Crippen LogP contribution in [-0.4, -0.2) is 99.7 Å². The average Bonchev–Trinajstić information content (AvgIpc) is 3.62. The van der Waals surface area contributed by atoms with Crippen molar-refractivity contribution in [3.8, 4) is 0 Å². The summed E-state index contributed by atoms with van der Waals surface area (Å²) in [6, 6.07) is 0. The van der Waals surface area contributed by atoms with Crippen LogP contribution in [0, 0.1) is 17.3 Å². The summed E-state index contributed by atoms with van der Waals surface area (Å²) in [6.07, 6.45) is 16.8. The third-order valence-corrected chi connectivity index (χ3v) is 9.43. The molecule has 4 N–H and O–H groups in total. The molecule has 1 aromatic rings. The second kappa shape index (κ2) is 15.8. The predicted molar refractivity (Wildman–Crippen MR) is 175 cm³/mol. The molecule has 1 spiro atoms. The SMILES string of the molecule is CO[C@H](C[C@H](C)[C@@H](O)C=CC=CCNC(=O)C(C)(C)[C@@H](O)C(C)=CC=CCC=Cc1cnco1)[C@@]1(O)[C@@H](C)C(=O)N(C)[C@]12COC2=O. The fourth-order valence-corrected chi connectivity index (χ4v) is 6.10. The number of hydrogen-bond acceptors (Lipinski definition) is 10. The number of ether oxygens (including phenoxy) is 2. The number of methoxy groups -OCH3 is 1. The van der Waals surface area contributed by atoms with Crippen LogP contribution in [0.5, 0.6) is 0 Å². The van der Waals surface area contributed by atoms with Crippen molar-refractivity contribution < 1.29 is 43.6 Å². The molecule has 12 nitrogen and oxygen atoms in total. The van der Waals surface area contributed by atoms with Crippen LogP contribution in [0.1, 0.15) is 53.2 Å². The van der Waals surface area contributed by atoms with Gasteiger partial charge in [-0.15, -0.1) is 0 Å². The molecule has 2 saturated heterocycles. The first kappa shape index (κ1) is 37.6. The van der Waals surface area contributed by atoms with E-state index in [2.05, 4.69) is 10.3 Å². The third kappa shape index (κ3) is 7.67. The maximum absolute atomic E-state index is 12.9. The smallest absolute Gasteiger partial charge is 0.338 e. The molecule has 0 saturated carbocycles. The zero-order chi connectivity index (χ0) is 35.0. The van der Waals surface area contributed by atoms with Crippen molar-refractivity contribution in [1.82, 2.24) is 15.2 Å². The minimum atomic E-state index is -1.83. The Morgan fingerprint density at radius 3 is 2.55 bits per heavy atom. The normalized spacial score (nSPS) is 26.5. The van der Waals surface area contributed by atoms with Crippen LogP contribution in [0.4, 0.5) is 0 Å². The quantitative estimate of drug-likeness (QED) is 0.153. The highest BCUT2D eigenvalue weighted by Crippen LogP contribution is 2.51. The summed E-state index contributed by atoms with van der Waals surface area (Å²) in [4.78, 5) is 43.3. The first-order valence-electron chi connectivity index (χ1n) is 15.7. The summed E-state index contributed by atoms with van der Waals surface area (Å²) >= 11 is 0. The van der Waals surface area contributed by atoms with E-state index >= 15 is 0 Å². The number of hydrogen-bond donors (Lipinski definition) is 4. The Morgan fingerprint density at radius 1 is 1.23 bits per heavy atom. The molecule has 3 rings (SSSR count). The number of oxazole rings is 1. The lowest BCUT2D eigenvalue weighted by molar-refractivity contribution is -0.235. The zero-order valence-corrected chi connectivity index (χ0v) is 28.3. The van der Waals surface area contributed by atoms with Gasteiger partial charge in [-0.05, 0) is 51.2 Å². The van der Waals surface area contributed by atoms with Crippen molar-refractivity contribution >= 4 is 23.9 Å². The van der Waals surface area contributed by atoms with Gasteiger partial charge >= 0.3 is 5.97 Å². The molecule has 12 heteroatoms. The van der Waals surface area contributed by atoms with Crippen LogP contribution in [0.15, 0.2) is 71.2 Å². The average molecular weight is 656 g/mol. The van der Waals surface area contributed by atoms with Gasteiger partial charge in [-0.3, -0.25) is 9.59 Å². The van der Waals surface area contributed by atoms with Crippen molar-refractivity contribution in [3.05, 3.63) is 72.5 Å². The van der Waals surface area contributed by atoms with Gasteiger partial charge in [0.1, 0.15) is 18.0 Å². The van der Waals surface area contributed by atoms with E-state index in [1.165, 1.54) is 25.5 Å². The van der Waals surface area contributed by atoms with Crippen molar-refractivity contribution in [2.24, 2.45) is 17.3 Å². The number of nitrogens with zero attached hydrogens (tertiary/aromatic N) is 2. The molecule has 1 aromatic heterocycles. The second-order valence-corrected chi connectivity index (χ2v) is 12.8. The topological polar surface area (TPSA) is 172 Å². The van der Waals surface area contributed by atoms with Gasteiger partial charge in [-0.25, -0.2) is 9.78 Å². The van der Waals surface area contributed by atoms with Crippen molar-refractivity contribution in [3.63, 3.8) is 0 Å². The van der Waals surface area contributed by atoms with Crippen LogP contribution in [0.3, 0.4) is 0 Å². The molecule has 47 heavy (non-hydrogen) atoms. The fraction of sp³-hybridized carbons (Fsp3) is 0.543. The van der Waals surface area contributed by atoms with Gasteiger partial charge in [0.25, 0.3) is 0 Å². The minimum Gasteiger partial charge on any atom is -0.460 e. The van der Waals surface area contributed by atoms with Gasteiger partial charge in [0.15, 0.2) is 6.39 Å². The molecular formula is C35H49N3O9. The van der Waals surface area contributed by atoms with Crippen molar-refractivity contribution in [2.75, 3.05) is 27.3 Å². The summed E-state index contributed by atoms with van der Waals surface area (Å²) in [5, 5.41) is 36.2. The Kier molecular flexibility index (Phi) is 12.7. The lowest BCUT2D eigenvalue weighted by Crippen LogP contribution is -2.76. The summed E-state index contributed by atoms with van der Waals surface area (Å²) in [7, 11) is 2.88. The number of allylic oxidation sites excluding steroid dienone is 6. The van der Waals surface area contributed by atoms with Crippen molar-refractivity contribution in [1.29, 1.82) is 0 Å². The molecule has 0 aromatic carbocycles. The van der Waals surface area contributed by atoms with E-state index in [9.17, 15) is 29.7 Å². The van der Waals surface area contributed by atoms with Gasteiger partial charge in [0, 0.05) is 20.7 Å². The van der Waals surface area contributed by atoms with Crippen molar-refractivity contribution in [2.45, 2.75) is 76.9 Å². The molecule has 0 bridgehead atoms. The van der Waals surface area contributed by atoms with Crippen LogP contribution in [-0.2, 0) is 23.9 Å². The number of carbonyl (C=O) groups excluding carboxylic acids is 3. The number of rotatable bonds is 16. The van der Waals surface area contributed by atoms with Gasteiger partial charge in [0.2, 0.25) is 17.4 Å². The molecule has 2 amide bonds. The first-order valence-corrected chi connectivity index (χ1v) is 15.7. The molecule has 7 atom stereocenters.